The SMILES string of the molecule is O=C(S)C(c1nc2ccccc2[nH]1)C(C(=O)O)(C1CCCCC1)C1CCCCC1. The third-order valence-electron chi connectivity index (χ3n) is 7.34. The normalized spacial score (nSPS) is 20.6. The zero-order valence-electron chi connectivity index (χ0n) is 16.8. The summed E-state index contributed by atoms with van der Waals surface area (Å²) in [6, 6.07) is 7.61. The van der Waals surface area contributed by atoms with Gasteiger partial charge in [0.15, 0.2) is 5.12 Å². The van der Waals surface area contributed by atoms with Gasteiger partial charge in [-0.2, -0.15) is 0 Å². The number of carbonyl (C=O) groups excluding carboxylic acids is 1. The van der Waals surface area contributed by atoms with E-state index in [-0.39, 0.29) is 17.0 Å². The highest BCUT2D eigenvalue weighted by Gasteiger charge is 2.59. The van der Waals surface area contributed by atoms with Gasteiger partial charge in [-0.3, -0.25) is 9.59 Å². The van der Waals surface area contributed by atoms with Crippen molar-refractivity contribution >= 4 is 34.7 Å². The molecular formula is C23H30N2O3S. The zero-order chi connectivity index (χ0) is 20.4. The monoisotopic (exact) mass is 414 g/mol. The molecule has 1 unspecified atom stereocenters. The van der Waals surface area contributed by atoms with E-state index >= 15 is 0 Å². The van der Waals surface area contributed by atoms with Crippen LogP contribution in [0.2, 0.25) is 0 Å². The number of carbonyl (C=O) groups is 2. The lowest BCUT2D eigenvalue weighted by atomic mass is 9.53. The van der Waals surface area contributed by atoms with Crippen molar-refractivity contribution in [2.45, 2.75) is 70.1 Å². The van der Waals surface area contributed by atoms with Crippen LogP contribution < -0.4 is 0 Å². The Morgan fingerprint density at radius 3 is 2.03 bits per heavy atom. The molecule has 0 spiro atoms. The minimum atomic E-state index is -1.15. The number of rotatable bonds is 6. The van der Waals surface area contributed by atoms with Crippen molar-refractivity contribution in [1.29, 1.82) is 0 Å². The number of aliphatic carboxylic acids is 1. The molecule has 0 bridgehead atoms. The number of fused-ring (bicyclic) bond motifs is 1. The Kier molecular flexibility index (Phi) is 6.00. The van der Waals surface area contributed by atoms with Crippen LogP contribution in [0.15, 0.2) is 24.3 Å². The number of imidazole rings is 1. The molecule has 5 nitrogen and oxygen atoms in total. The Morgan fingerprint density at radius 1 is 1.00 bits per heavy atom. The predicted octanol–water partition coefficient (Wildman–Crippen LogP) is 5.33. The maximum atomic E-state index is 13.1. The number of aromatic nitrogens is 2. The van der Waals surface area contributed by atoms with E-state index in [1.165, 1.54) is 0 Å². The molecule has 0 radical (unpaired) electrons. The summed E-state index contributed by atoms with van der Waals surface area (Å²) in [7, 11) is 0. The van der Waals surface area contributed by atoms with Crippen molar-refractivity contribution in [2.24, 2.45) is 17.3 Å². The lowest BCUT2D eigenvalue weighted by Gasteiger charge is -2.49. The molecule has 1 aromatic carbocycles. The molecule has 6 heteroatoms. The molecule has 2 aromatic rings. The molecule has 1 aromatic heterocycles. The topological polar surface area (TPSA) is 83.0 Å². The summed E-state index contributed by atoms with van der Waals surface area (Å²) < 4.78 is 0. The number of thiol groups is 1. The van der Waals surface area contributed by atoms with Gasteiger partial charge < -0.3 is 10.1 Å². The number of aromatic amines is 1. The molecule has 1 atom stereocenters. The summed E-state index contributed by atoms with van der Waals surface area (Å²) in [5, 5.41) is 10.4. The number of carboxylic acid groups (broad SMARTS) is 1. The highest BCUT2D eigenvalue weighted by atomic mass is 32.1. The molecule has 2 aliphatic rings. The van der Waals surface area contributed by atoms with Gasteiger partial charge in [-0.1, -0.05) is 50.7 Å². The van der Waals surface area contributed by atoms with Crippen LogP contribution in [0.4, 0.5) is 0 Å². The molecular weight excluding hydrogens is 384 g/mol. The lowest BCUT2D eigenvalue weighted by molar-refractivity contribution is -0.165. The second kappa shape index (κ2) is 8.50. The van der Waals surface area contributed by atoms with Crippen molar-refractivity contribution < 1.29 is 14.7 Å². The van der Waals surface area contributed by atoms with E-state index in [0.717, 1.165) is 75.2 Å². The fourth-order valence-electron chi connectivity index (χ4n) is 6.09. The highest BCUT2D eigenvalue weighted by molar-refractivity contribution is 7.96. The van der Waals surface area contributed by atoms with Crippen LogP contribution in [0.3, 0.4) is 0 Å². The summed E-state index contributed by atoms with van der Waals surface area (Å²) in [4.78, 5) is 34.1. The van der Waals surface area contributed by atoms with Crippen molar-refractivity contribution in [1.82, 2.24) is 9.97 Å². The Balaban J connectivity index is 1.89. The summed E-state index contributed by atoms with van der Waals surface area (Å²) in [5.74, 6) is -1.28. The van der Waals surface area contributed by atoms with Crippen LogP contribution in [0.5, 0.6) is 0 Å². The van der Waals surface area contributed by atoms with E-state index < -0.39 is 17.3 Å². The molecule has 2 fully saturated rings. The fraction of sp³-hybridized carbons (Fsp3) is 0.609. The number of nitrogens with one attached hydrogen (secondary N) is 1. The largest absolute Gasteiger partial charge is 0.481 e. The third kappa shape index (κ3) is 3.60. The molecule has 1 heterocycles. The first-order valence-electron chi connectivity index (χ1n) is 11.0. The minimum Gasteiger partial charge on any atom is -0.481 e. The molecule has 0 amide bonds. The fourth-order valence-corrected chi connectivity index (χ4v) is 6.43. The second-order valence-electron chi connectivity index (χ2n) is 8.82. The first-order valence-corrected chi connectivity index (χ1v) is 11.4. The first kappa shape index (κ1) is 20.5. The van der Waals surface area contributed by atoms with Gasteiger partial charge >= 0.3 is 5.97 Å². The third-order valence-corrected chi connectivity index (χ3v) is 7.60. The van der Waals surface area contributed by atoms with Crippen molar-refractivity contribution in [3.8, 4) is 0 Å². The first-order chi connectivity index (χ1) is 14.0. The van der Waals surface area contributed by atoms with Crippen molar-refractivity contribution in [3.05, 3.63) is 30.1 Å². The standard InChI is InChI=1S/C23H30N2O3S/c26-21(29)19(20-24-17-13-7-8-14-18(17)25-20)23(22(27)28,15-9-3-1-4-10-15)16-11-5-2-6-12-16/h7-8,13-16,19H,1-6,9-12H2,(H,24,25)(H,26,29)(H,27,28). The molecule has 4 rings (SSSR count). The summed E-state index contributed by atoms with van der Waals surface area (Å²) in [5.41, 5.74) is 0.440. The average molecular weight is 415 g/mol. The molecule has 2 aliphatic carbocycles. The predicted molar refractivity (Wildman–Crippen MR) is 116 cm³/mol. The maximum absolute atomic E-state index is 13.1. The lowest BCUT2D eigenvalue weighted by Crippen LogP contribution is -2.52. The Labute approximate surface area is 177 Å². The number of hydrogen-bond donors (Lipinski definition) is 3. The van der Waals surface area contributed by atoms with Crippen LogP contribution >= 0.6 is 12.6 Å². The summed E-state index contributed by atoms with van der Waals surface area (Å²) in [6.45, 7) is 0. The molecule has 0 aliphatic heterocycles. The highest BCUT2D eigenvalue weighted by Crippen LogP contribution is 2.57. The van der Waals surface area contributed by atoms with Crippen LogP contribution in [-0.2, 0) is 9.59 Å². The van der Waals surface area contributed by atoms with Crippen molar-refractivity contribution in [2.75, 3.05) is 0 Å². The van der Waals surface area contributed by atoms with Gasteiger partial charge in [-0.25, -0.2) is 4.98 Å². The van der Waals surface area contributed by atoms with Crippen molar-refractivity contribution in [3.63, 3.8) is 0 Å². The number of H-pyrrole nitrogens is 1. The number of para-hydroxylation sites is 2. The molecule has 0 saturated heterocycles. The molecule has 29 heavy (non-hydrogen) atoms. The quantitative estimate of drug-likeness (QED) is 0.558. The van der Waals surface area contributed by atoms with E-state index in [0.29, 0.717) is 5.82 Å². The van der Waals surface area contributed by atoms with Gasteiger partial charge in [0.25, 0.3) is 0 Å². The Hall–Kier alpha value is -1.82. The zero-order valence-corrected chi connectivity index (χ0v) is 17.7. The summed E-state index contributed by atoms with van der Waals surface area (Å²) >= 11 is 4.25. The molecule has 156 valence electrons. The number of nitrogens with zero attached hydrogens (tertiary/aromatic N) is 1. The van der Waals surface area contributed by atoms with Gasteiger partial charge in [0, 0.05) is 0 Å². The van der Waals surface area contributed by atoms with E-state index in [1.807, 2.05) is 24.3 Å². The Morgan fingerprint density at radius 2 is 1.55 bits per heavy atom. The van der Waals surface area contributed by atoms with Gasteiger partial charge in [0.05, 0.1) is 16.4 Å². The maximum Gasteiger partial charge on any atom is 0.311 e. The van der Waals surface area contributed by atoms with Crippen LogP contribution in [0, 0.1) is 17.3 Å². The van der Waals surface area contributed by atoms with E-state index in [9.17, 15) is 14.7 Å². The van der Waals surface area contributed by atoms with Gasteiger partial charge in [0.2, 0.25) is 0 Å². The van der Waals surface area contributed by atoms with E-state index in [1.54, 1.807) is 0 Å². The number of carboxylic acids is 1. The van der Waals surface area contributed by atoms with Gasteiger partial charge in [0.1, 0.15) is 11.7 Å². The van der Waals surface area contributed by atoms with Crippen LogP contribution in [0.1, 0.15) is 76.0 Å². The molecule has 2 N–H and O–H groups in total. The van der Waals surface area contributed by atoms with E-state index in [4.69, 9.17) is 0 Å². The van der Waals surface area contributed by atoms with Gasteiger partial charge in [-0.15, -0.1) is 12.6 Å². The minimum absolute atomic E-state index is 0.0221. The number of benzene rings is 1. The smallest absolute Gasteiger partial charge is 0.311 e. The Bertz CT molecular complexity index is 830. The van der Waals surface area contributed by atoms with Crippen LogP contribution in [0.25, 0.3) is 11.0 Å². The average Bonchev–Trinajstić information content (AvgIpc) is 3.16. The van der Waals surface area contributed by atoms with Gasteiger partial charge in [-0.05, 0) is 49.7 Å². The van der Waals surface area contributed by atoms with E-state index in [2.05, 4.69) is 22.6 Å². The summed E-state index contributed by atoms with van der Waals surface area (Å²) in [6.07, 6.45) is 9.84. The second-order valence-corrected chi connectivity index (χ2v) is 9.26. The van der Waals surface area contributed by atoms with Crippen LogP contribution in [-0.4, -0.2) is 26.2 Å². The molecule has 2 saturated carbocycles. The number of hydrogen-bond acceptors (Lipinski definition) is 3.